The number of halogens is 6. The minimum Gasteiger partial charge on any atom is -0.342 e. The molecule has 0 amide bonds. The van der Waals surface area contributed by atoms with E-state index >= 15 is 0 Å². The van der Waals surface area contributed by atoms with Crippen molar-refractivity contribution in [1.29, 1.82) is 0 Å². The van der Waals surface area contributed by atoms with Gasteiger partial charge in [-0.2, -0.15) is 13.9 Å². The van der Waals surface area contributed by atoms with Crippen molar-refractivity contribution in [2.75, 3.05) is 12.0 Å². The summed E-state index contributed by atoms with van der Waals surface area (Å²) in [6, 6.07) is 3.87. The topological polar surface area (TPSA) is 78.4 Å². The van der Waals surface area contributed by atoms with E-state index in [9.17, 15) is 22.0 Å². The number of hydrogen-bond donors (Lipinski definition) is 1. The molecule has 0 radical (unpaired) electrons. The fourth-order valence-corrected chi connectivity index (χ4v) is 4.13. The van der Waals surface area contributed by atoms with Gasteiger partial charge >= 0.3 is 12.3 Å². The van der Waals surface area contributed by atoms with Gasteiger partial charge in [0.1, 0.15) is 18.3 Å². The molecule has 5 rings (SSSR count). The zero-order chi connectivity index (χ0) is 24.2. The van der Waals surface area contributed by atoms with Gasteiger partial charge in [-0.25, -0.2) is 18.2 Å². The summed E-state index contributed by atoms with van der Waals surface area (Å²) in [5, 5.41) is 14.5. The average Bonchev–Trinajstić information content (AvgIpc) is 3.52. The number of rotatable bonds is 6. The van der Waals surface area contributed by atoms with Crippen LogP contribution in [0.15, 0.2) is 36.8 Å². The van der Waals surface area contributed by atoms with Crippen molar-refractivity contribution in [2.24, 2.45) is 7.05 Å². The summed E-state index contributed by atoms with van der Waals surface area (Å²) in [4.78, 5) is 4.25. The molecular formula is C20H16ClF5N8. The van der Waals surface area contributed by atoms with Crippen LogP contribution in [0, 0.1) is 0 Å². The fourth-order valence-electron chi connectivity index (χ4n) is 3.92. The van der Waals surface area contributed by atoms with Crippen LogP contribution in [0.4, 0.5) is 33.6 Å². The third-order valence-corrected chi connectivity index (χ3v) is 5.89. The molecule has 34 heavy (non-hydrogen) atoms. The highest BCUT2D eigenvalue weighted by molar-refractivity contribution is 6.33. The first-order valence-corrected chi connectivity index (χ1v) is 10.4. The lowest BCUT2D eigenvalue weighted by molar-refractivity contribution is -0.143. The monoisotopic (exact) mass is 498 g/mol. The molecule has 0 saturated heterocycles. The van der Waals surface area contributed by atoms with E-state index in [1.165, 1.54) is 6.20 Å². The van der Waals surface area contributed by atoms with Crippen LogP contribution in [0.25, 0.3) is 22.6 Å². The van der Waals surface area contributed by atoms with Crippen molar-refractivity contribution in [3.05, 3.63) is 47.6 Å². The molecule has 1 aliphatic heterocycles. The number of aromatic nitrogens is 7. The van der Waals surface area contributed by atoms with Crippen LogP contribution in [0.5, 0.6) is 0 Å². The maximum absolute atomic E-state index is 14.1. The first-order chi connectivity index (χ1) is 16.2. The number of alkyl halides is 5. The summed E-state index contributed by atoms with van der Waals surface area (Å²) in [5.74, 6) is -4.82. The van der Waals surface area contributed by atoms with Gasteiger partial charge in [-0.05, 0) is 12.1 Å². The van der Waals surface area contributed by atoms with Crippen LogP contribution >= 0.6 is 11.6 Å². The molecule has 0 aromatic carbocycles. The standard InChI is InChI=1S/C20H16ClF5N8/c1-32-16(2-3-28-32)29-15-5-12(13(21)7-27-15)10-4-14-17-30-31-19(20(25,26)18(23)24)34(17)11(6-22)9-33(14)8-10/h2-5,7-8,11,18H,6,9H2,1H3,(H,27,29)/t11-/m0/s1. The van der Waals surface area contributed by atoms with E-state index in [1.807, 2.05) is 0 Å². The summed E-state index contributed by atoms with van der Waals surface area (Å²) in [5.41, 5.74) is 1.45. The van der Waals surface area contributed by atoms with Gasteiger partial charge in [0.25, 0.3) is 0 Å². The number of anilines is 2. The summed E-state index contributed by atoms with van der Waals surface area (Å²) >= 11 is 6.37. The Bertz CT molecular complexity index is 1360. The largest absolute Gasteiger partial charge is 0.365 e. The molecule has 4 aromatic heterocycles. The average molecular weight is 499 g/mol. The molecule has 0 bridgehead atoms. The van der Waals surface area contributed by atoms with Crippen molar-refractivity contribution in [3.8, 4) is 22.6 Å². The summed E-state index contributed by atoms with van der Waals surface area (Å²) < 4.78 is 71.9. The zero-order valence-corrected chi connectivity index (χ0v) is 18.2. The number of aryl methyl sites for hydroxylation is 1. The van der Waals surface area contributed by atoms with Crippen molar-refractivity contribution < 1.29 is 22.0 Å². The third kappa shape index (κ3) is 3.50. The molecule has 1 aliphatic rings. The fraction of sp³-hybridized carbons (Fsp3) is 0.300. The molecular weight excluding hydrogens is 483 g/mol. The van der Waals surface area contributed by atoms with Crippen LogP contribution < -0.4 is 5.32 Å². The Morgan fingerprint density at radius 2 is 2.06 bits per heavy atom. The second-order valence-electron chi connectivity index (χ2n) is 7.73. The van der Waals surface area contributed by atoms with E-state index in [1.54, 1.807) is 46.9 Å². The van der Waals surface area contributed by atoms with Gasteiger partial charge in [0.15, 0.2) is 5.82 Å². The Morgan fingerprint density at radius 1 is 1.26 bits per heavy atom. The molecule has 1 N–H and O–H groups in total. The highest BCUT2D eigenvalue weighted by atomic mass is 35.5. The smallest absolute Gasteiger partial charge is 0.342 e. The van der Waals surface area contributed by atoms with Gasteiger partial charge in [-0.3, -0.25) is 9.25 Å². The van der Waals surface area contributed by atoms with E-state index in [0.717, 1.165) is 4.57 Å². The second-order valence-corrected chi connectivity index (χ2v) is 8.14. The van der Waals surface area contributed by atoms with E-state index in [-0.39, 0.29) is 12.4 Å². The molecule has 1 atom stereocenters. The SMILES string of the molecule is Cn1nccc1Nc1cc(-c2cc3n(c2)C[C@H](CF)n2c-3nnc2C(F)(F)C(F)F)c(Cl)cn1. The van der Waals surface area contributed by atoms with Gasteiger partial charge < -0.3 is 9.88 Å². The van der Waals surface area contributed by atoms with Crippen molar-refractivity contribution in [2.45, 2.75) is 24.9 Å². The Hall–Kier alpha value is -3.48. The normalized spacial score (nSPS) is 15.5. The summed E-state index contributed by atoms with van der Waals surface area (Å²) in [6.07, 6.45) is 0.715. The minimum absolute atomic E-state index is 0.0774. The molecule has 0 fully saturated rings. The molecule has 5 heterocycles. The first-order valence-electron chi connectivity index (χ1n) is 9.99. The maximum atomic E-state index is 14.1. The number of fused-ring (bicyclic) bond motifs is 3. The lowest BCUT2D eigenvalue weighted by atomic mass is 10.1. The van der Waals surface area contributed by atoms with Gasteiger partial charge in [0.2, 0.25) is 5.82 Å². The Labute approximate surface area is 194 Å². The van der Waals surface area contributed by atoms with Crippen LogP contribution in [0.3, 0.4) is 0 Å². The number of hydrogen-bond acceptors (Lipinski definition) is 5. The number of nitrogens with one attached hydrogen (secondary N) is 1. The quantitative estimate of drug-likeness (QED) is 0.386. The van der Waals surface area contributed by atoms with Crippen molar-refractivity contribution >= 4 is 23.2 Å². The Morgan fingerprint density at radius 3 is 2.74 bits per heavy atom. The van der Waals surface area contributed by atoms with E-state index < -0.39 is 30.9 Å². The van der Waals surface area contributed by atoms with E-state index in [0.29, 0.717) is 33.5 Å². The molecule has 0 spiro atoms. The lowest BCUT2D eigenvalue weighted by Gasteiger charge is -2.27. The van der Waals surface area contributed by atoms with E-state index in [2.05, 4.69) is 25.6 Å². The minimum atomic E-state index is -4.57. The maximum Gasteiger partial charge on any atom is 0.365 e. The summed E-state index contributed by atoms with van der Waals surface area (Å²) in [7, 11) is 1.75. The molecule has 14 heteroatoms. The van der Waals surface area contributed by atoms with Gasteiger partial charge in [-0.1, -0.05) is 11.6 Å². The van der Waals surface area contributed by atoms with Crippen LogP contribution in [0.1, 0.15) is 11.9 Å². The van der Waals surface area contributed by atoms with Crippen LogP contribution in [-0.4, -0.2) is 47.2 Å². The first kappa shape index (κ1) is 22.3. The van der Waals surface area contributed by atoms with Crippen molar-refractivity contribution in [1.82, 2.24) is 34.1 Å². The second kappa shape index (κ2) is 8.08. The lowest BCUT2D eigenvalue weighted by Crippen LogP contribution is -2.33. The molecule has 0 saturated carbocycles. The van der Waals surface area contributed by atoms with Gasteiger partial charge in [-0.15, -0.1) is 10.2 Å². The summed E-state index contributed by atoms with van der Waals surface area (Å²) in [6.45, 7) is -1.15. The Kier molecular flexibility index (Phi) is 5.30. The highest BCUT2D eigenvalue weighted by Crippen LogP contribution is 2.41. The molecule has 0 aliphatic carbocycles. The molecule has 0 unspecified atom stereocenters. The molecule has 178 valence electrons. The Balaban J connectivity index is 1.57. The van der Waals surface area contributed by atoms with Crippen LogP contribution in [0.2, 0.25) is 5.02 Å². The highest BCUT2D eigenvalue weighted by Gasteiger charge is 2.49. The predicted molar refractivity (Wildman–Crippen MR) is 113 cm³/mol. The predicted octanol–water partition coefficient (Wildman–Crippen LogP) is 4.82. The molecule has 4 aromatic rings. The zero-order valence-electron chi connectivity index (χ0n) is 17.4. The third-order valence-electron chi connectivity index (χ3n) is 5.59. The molecule has 8 nitrogen and oxygen atoms in total. The number of pyridine rings is 1. The van der Waals surface area contributed by atoms with Crippen molar-refractivity contribution in [3.63, 3.8) is 0 Å². The number of nitrogens with zero attached hydrogens (tertiary/aromatic N) is 7. The van der Waals surface area contributed by atoms with E-state index in [4.69, 9.17) is 11.6 Å². The van der Waals surface area contributed by atoms with Gasteiger partial charge in [0.05, 0.1) is 23.0 Å². The van der Waals surface area contributed by atoms with Crippen LogP contribution in [-0.2, 0) is 19.5 Å². The van der Waals surface area contributed by atoms with Gasteiger partial charge in [0, 0.05) is 43.2 Å².